The van der Waals surface area contributed by atoms with Crippen LogP contribution in [0.3, 0.4) is 0 Å². The maximum atomic E-state index is 11.3. The lowest BCUT2D eigenvalue weighted by molar-refractivity contribution is 0.598. The zero-order chi connectivity index (χ0) is 12.2. The SMILES string of the molecule is CCC(N)CNc1ccccc1S(N)(=O)=O. The molecule has 90 valence electrons. The maximum absolute atomic E-state index is 11.3. The minimum absolute atomic E-state index is 0.00599. The topological polar surface area (TPSA) is 98.2 Å². The molecule has 1 rings (SSSR count). The first-order valence-corrected chi connectivity index (χ1v) is 6.61. The molecule has 0 aromatic heterocycles. The molecule has 5 N–H and O–H groups in total. The number of benzene rings is 1. The second kappa shape index (κ2) is 5.29. The van der Waals surface area contributed by atoms with Crippen LogP contribution >= 0.6 is 0 Å². The molecule has 0 fully saturated rings. The van der Waals surface area contributed by atoms with Gasteiger partial charge in [-0.25, -0.2) is 13.6 Å². The summed E-state index contributed by atoms with van der Waals surface area (Å²) in [4.78, 5) is 0.0957. The van der Waals surface area contributed by atoms with Crippen LogP contribution in [-0.2, 0) is 10.0 Å². The van der Waals surface area contributed by atoms with Crippen molar-refractivity contribution in [3.8, 4) is 0 Å². The lowest BCUT2D eigenvalue weighted by atomic mass is 10.2. The number of para-hydroxylation sites is 1. The summed E-state index contributed by atoms with van der Waals surface area (Å²) in [5.41, 5.74) is 6.23. The summed E-state index contributed by atoms with van der Waals surface area (Å²) in [6.07, 6.45) is 0.824. The Morgan fingerprint density at radius 3 is 2.56 bits per heavy atom. The van der Waals surface area contributed by atoms with E-state index in [9.17, 15) is 8.42 Å². The van der Waals surface area contributed by atoms with Crippen LogP contribution in [0.1, 0.15) is 13.3 Å². The number of nitrogens with two attached hydrogens (primary N) is 2. The first-order valence-electron chi connectivity index (χ1n) is 5.06. The molecule has 1 unspecified atom stereocenters. The van der Waals surface area contributed by atoms with Gasteiger partial charge in [0.05, 0.1) is 5.69 Å². The summed E-state index contributed by atoms with van der Waals surface area (Å²) in [6.45, 7) is 2.49. The number of primary sulfonamides is 1. The standard InChI is InChI=1S/C10H17N3O2S/c1-2-8(11)7-13-9-5-3-4-6-10(9)16(12,14)15/h3-6,8,13H,2,7,11H2,1H3,(H2,12,14,15). The Morgan fingerprint density at radius 1 is 1.38 bits per heavy atom. The zero-order valence-electron chi connectivity index (χ0n) is 9.18. The lowest BCUT2D eigenvalue weighted by Crippen LogP contribution is -2.28. The van der Waals surface area contributed by atoms with E-state index in [0.717, 1.165) is 6.42 Å². The van der Waals surface area contributed by atoms with Gasteiger partial charge in [0, 0.05) is 12.6 Å². The Kier molecular flexibility index (Phi) is 4.28. The lowest BCUT2D eigenvalue weighted by Gasteiger charge is -2.13. The number of nitrogens with one attached hydrogen (secondary N) is 1. The van der Waals surface area contributed by atoms with Gasteiger partial charge >= 0.3 is 0 Å². The molecule has 0 heterocycles. The van der Waals surface area contributed by atoms with Gasteiger partial charge in [-0.1, -0.05) is 19.1 Å². The molecular formula is C10H17N3O2S. The van der Waals surface area contributed by atoms with Gasteiger partial charge in [0.25, 0.3) is 0 Å². The van der Waals surface area contributed by atoms with Crippen molar-refractivity contribution in [1.29, 1.82) is 0 Å². The molecule has 0 aliphatic rings. The average Bonchev–Trinajstić information content (AvgIpc) is 2.25. The second-order valence-electron chi connectivity index (χ2n) is 3.59. The molecule has 1 aromatic carbocycles. The quantitative estimate of drug-likeness (QED) is 0.700. The van der Waals surface area contributed by atoms with E-state index < -0.39 is 10.0 Å². The largest absolute Gasteiger partial charge is 0.382 e. The normalized spacial score (nSPS) is 13.4. The van der Waals surface area contributed by atoms with Crippen molar-refractivity contribution in [3.05, 3.63) is 24.3 Å². The van der Waals surface area contributed by atoms with Gasteiger partial charge in [-0.2, -0.15) is 0 Å². The summed E-state index contributed by atoms with van der Waals surface area (Å²) in [7, 11) is -3.69. The summed E-state index contributed by atoms with van der Waals surface area (Å²) in [5.74, 6) is 0. The molecule has 0 saturated carbocycles. The van der Waals surface area contributed by atoms with Gasteiger partial charge in [-0.05, 0) is 18.6 Å². The Labute approximate surface area is 95.9 Å². The summed E-state index contributed by atoms with van der Waals surface area (Å²) >= 11 is 0. The van der Waals surface area contributed by atoms with Crippen LogP contribution in [0.4, 0.5) is 5.69 Å². The van der Waals surface area contributed by atoms with Crippen LogP contribution in [0.5, 0.6) is 0 Å². The monoisotopic (exact) mass is 243 g/mol. The van der Waals surface area contributed by atoms with Crippen LogP contribution in [0.15, 0.2) is 29.2 Å². The van der Waals surface area contributed by atoms with Crippen molar-refractivity contribution in [2.45, 2.75) is 24.3 Å². The molecule has 0 saturated heterocycles. The summed E-state index contributed by atoms with van der Waals surface area (Å²) < 4.78 is 22.5. The van der Waals surface area contributed by atoms with E-state index in [1.807, 2.05) is 6.92 Å². The van der Waals surface area contributed by atoms with Crippen molar-refractivity contribution in [2.24, 2.45) is 10.9 Å². The fourth-order valence-corrected chi connectivity index (χ4v) is 1.96. The van der Waals surface area contributed by atoms with Crippen molar-refractivity contribution < 1.29 is 8.42 Å². The second-order valence-corrected chi connectivity index (χ2v) is 5.12. The van der Waals surface area contributed by atoms with Gasteiger partial charge in [-0.15, -0.1) is 0 Å². The number of anilines is 1. The molecular weight excluding hydrogens is 226 g/mol. The van der Waals surface area contributed by atoms with E-state index in [2.05, 4.69) is 5.32 Å². The van der Waals surface area contributed by atoms with E-state index in [-0.39, 0.29) is 10.9 Å². The third kappa shape index (κ3) is 3.48. The van der Waals surface area contributed by atoms with Crippen LogP contribution in [0, 0.1) is 0 Å². The van der Waals surface area contributed by atoms with Gasteiger partial charge < -0.3 is 11.1 Å². The molecule has 0 aliphatic carbocycles. The van der Waals surface area contributed by atoms with E-state index >= 15 is 0 Å². The van der Waals surface area contributed by atoms with Gasteiger partial charge in [0.2, 0.25) is 10.0 Å². The average molecular weight is 243 g/mol. The van der Waals surface area contributed by atoms with Crippen molar-refractivity contribution >= 4 is 15.7 Å². The van der Waals surface area contributed by atoms with Gasteiger partial charge in [0.15, 0.2) is 0 Å². The highest BCUT2D eigenvalue weighted by Crippen LogP contribution is 2.18. The third-order valence-corrected chi connectivity index (χ3v) is 3.24. The predicted octanol–water partition coefficient (Wildman–Crippen LogP) is 0.483. The van der Waals surface area contributed by atoms with Crippen LogP contribution < -0.4 is 16.2 Å². The van der Waals surface area contributed by atoms with Crippen LogP contribution in [0.2, 0.25) is 0 Å². The third-order valence-electron chi connectivity index (χ3n) is 2.27. The molecule has 1 atom stereocenters. The Morgan fingerprint density at radius 2 is 2.00 bits per heavy atom. The minimum atomic E-state index is -3.69. The fourth-order valence-electron chi connectivity index (χ4n) is 1.25. The number of hydrogen-bond donors (Lipinski definition) is 3. The smallest absolute Gasteiger partial charge is 0.240 e. The molecule has 16 heavy (non-hydrogen) atoms. The molecule has 0 bridgehead atoms. The molecule has 0 aliphatic heterocycles. The molecule has 0 spiro atoms. The Balaban J connectivity index is 2.88. The van der Waals surface area contributed by atoms with E-state index in [1.165, 1.54) is 6.07 Å². The molecule has 5 nitrogen and oxygen atoms in total. The Hall–Kier alpha value is -1.11. The minimum Gasteiger partial charge on any atom is -0.382 e. The molecule has 0 radical (unpaired) electrons. The Bertz CT molecular complexity index is 445. The van der Waals surface area contributed by atoms with E-state index in [1.54, 1.807) is 18.2 Å². The van der Waals surface area contributed by atoms with Crippen LogP contribution in [-0.4, -0.2) is 21.0 Å². The molecule has 6 heteroatoms. The highest BCUT2D eigenvalue weighted by molar-refractivity contribution is 7.89. The summed E-state index contributed by atoms with van der Waals surface area (Å²) in [6, 6.07) is 6.50. The highest BCUT2D eigenvalue weighted by atomic mass is 32.2. The number of hydrogen-bond acceptors (Lipinski definition) is 4. The van der Waals surface area contributed by atoms with E-state index in [4.69, 9.17) is 10.9 Å². The molecule has 1 aromatic rings. The number of rotatable bonds is 5. The maximum Gasteiger partial charge on any atom is 0.240 e. The van der Waals surface area contributed by atoms with Crippen molar-refractivity contribution in [3.63, 3.8) is 0 Å². The van der Waals surface area contributed by atoms with Crippen molar-refractivity contribution in [1.82, 2.24) is 0 Å². The zero-order valence-corrected chi connectivity index (χ0v) is 10.00. The number of sulfonamides is 1. The van der Waals surface area contributed by atoms with Crippen molar-refractivity contribution in [2.75, 3.05) is 11.9 Å². The van der Waals surface area contributed by atoms with Gasteiger partial charge in [0.1, 0.15) is 4.90 Å². The fraction of sp³-hybridized carbons (Fsp3) is 0.400. The first kappa shape index (κ1) is 13.0. The first-order chi connectivity index (χ1) is 7.45. The molecule has 0 amide bonds. The predicted molar refractivity (Wildman–Crippen MR) is 64.6 cm³/mol. The summed E-state index contributed by atoms with van der Waals surface area (Å²) in [5, 5.41) is 8.08. The van der Waals surface area contributed by atoms with Crippen LogP contribution in [0.25, 0.3) is 0 Å². The van der Waals surface area contributed by atoms with E-state index in [0.29, 0.717) is 12.2 Å². The van der Waals surface area contributed by atoms with Gasteiger partial charge in [-0.3, -0.25) is 0 Å². The highest BCUT2D eigenvalue weighted by Gasteiger charge is 2.13.